The van der Waals surface area contributed by atoms with Gasteiger partial charge in [-0.05, 0) is 43.7 Å². The molecule has 1 unspecified atom stereocenters. The number of carbonyl (C=O) groups excluding carboxylic acids is 1. The molecule has 1 aromatic heterocycles. The second-order valence-electron chi connectivity index (χ2n) is 6.55. The first kappa shape index (κ1) is 21.4. The fraction of sp³-hybridized carbons (Fsp3) is 0.238. The number of nitro benzene ring substituents is 1. The first-order valence-electron chi connectivity index (χ1n) is 9.07. The Labute approximate surface area is 177 Å². The third-order valence-electron chi connectivity index (χ3n) is 4.52. The minimum atomic E-state index is -0.524. The monoisotopic (exact) mass is 427 g/mol. The van der Waals surface area contributed by atoms with Crippen LogP contribution < -0.4 is 14.8 Å². The molecule has 156 valence electrons. The van der Waals surface area contributed by atoms with E-state index in [1.165, 1.54) is 37.1 Å². The average molecular weight is 427 g/mol. The lowest BCUT2D eigenvalue weighted by Crippen LogP contribution is -2.23. The summed E-state index contributed by atoms with van der Waals surface area (Å²) in [7, 11) is 3.03. The molecule has 1 heterocycles. The van der Waals surface area contributed by atoms with Gasteiger partial charge in [0.2, 0.25) is 5.91 Å². The number of methoxy groups -OCH3 is 2. The molecule has 0 aliphatic carbocycles. The summed E-state index contributed by atoms with van der Waals surface area (Å²) < 4.78 is 10.5. The molecule has 30 heavy (non-hydrogen) atoms. The second-order valence-corrected chi connectivity index (χ2v) is 7.91. The van der Waals surface area contributed by atoms with Crippen LogP contribution in [0.3, 0.4) is 0 Å². The molecule has 1 atom stereocenters. The number of non-ortho nitro benzene ring substituents is 1. The van der Waals surface area contributed by atoms with Crippen molar-refractivity contribution in [3.8, 4) is 11.5 Å². The quantitative estimate of drug-likeness (QED) is 0.334. The van der Waals surface area contributed by atoms with Crippen molar-refractivity contribution in [1.82, 2.24) is 4.98 Å². The standard InChI is InChI=1S/C21H21N3O5S/c1-12-9-20(22-17-11-15(28-3)6-7-16(12)17)30-13(2)21(25)23-18-10-14(24(26)27)5-8-19(18)29-4/h5-11,13H,1-4H3,(H,23,25). The third-order valence-corrected chi connectivity index (χ3v) is 5.54. The van der Waals surface area contributed by atoms with E-state index in [1.807, 2.05) is 31.2 Å². The molecule has 3 rings (SSSR count). The molecular formula is C21H21N3O5S. The highest BCUT2D eigenvalue weighted by Crippen LogP contribution is 2.32. The van der Waals surface area contributed by atoms with Crippen LogP contribution in [0, 0.1) is 17.0 Å². The van der Waals surface area contributed by atoms with E-state index in [4.69, 9.17) is 9.47 Å². The smallest absolute Gasteiger partial charge is 0.271 e. The van der Waals surface area contributed by atoms with Gasteiger partial charge in [0.25, 0.3) is 5.69 Å². The topological polar surface area (TPSA) is 104 Å². The number of benzene rings is 2. The van der Waals surface area contributed by atoms with Gasteiger partial charge < -0.3 is 14.8 Å². The van der Waals surface area contributed by atoms with E-state index in [0.29, 0.717) is 16.5 Å². The van der Waals surface area contributed by atoms with Gasteiger partial charge in [0.05, 0.1) is 40.6 Å². The molecule has 0 spiro atoms. The summed E-state index contributed by atoms with van der Waals surface area (Å²) in [6.07, 6.45) is 0. The first-order valence-corrected chi connectivity index (χ1v) is 9.95. The normalized spacial score (nSPS) is 11.7. The Hall–Kier alpha value is -3.33. The molecule has 0 radical (unpaired) electrons. The van der Waals surface area contributed by atoms with Crippen molar-refractivity contribution in [1.29, 1.82) is 0 Å². The Bertz CT molecular complexity index is 1120. The van der Waals surface area contributed by atoms with Gasteiger partial charge in [0.15, 0.2) is 0 Å². The van der Waals surface area contributed by atoms with Crippen molar-refractivity contribution in [3.05, 3.63) is 58.1 Å². The molecule has 0 saturated heterocycles. The van der Waals surface area contributed by atoms with Crippen LogP contribution in [0.5, 0.6) is 11.5 Å². The van der Waals surface area contributed by atoms with Crippen molar-refractivity contribution in [2.75, 3.05) is 19.5 Å². The van der Waals surface area contributed by atoms with E-state index in [-0.39, 0.29) is 17.3 Å². The fourth-order valence-corrected chi connectivity index (χ4v) is 3.84. The summed E-state index contributed by atoms with van der Waals surface area (Å²) in [6, 6.07) is 11.7. The van der Waals surface area contributed by atoms with Crippen LogP contribution in [0.4, 0.5) is 11.4 Å². The van der Waals surface area contributed by atoms with Gasteiger partial charge in [-0.25, -0.2) is 4.98 Å². The molecule has 2 aromatic carbocycles. The lowest BCUT2D eigenvalue weighted by Gasteiger charge is -2.14. The van der Waals surface area contributed by atoms with Gasteiger partial charge >= 0.3 is 0 Å². The number of nitro groups is 1. The zero-order valence-corrected chi connectivity index (χ0v) is 17.8. The molecule has 1 N–H and O–H groups in total. The fourth-order valence-electron chi connectivity index (χ4n) is 2.91. The number of hydrogen-bond acceptors (Lipinski definition) is 7. The van der Waals surface area contributed by atoms with Crippen LogP contribution in [0.2, 0.25) is 0 Å². The minimum absolute atomic E-state index is 0.132. The number of carbonyl (C=O) groups is 1. The minimum Gasteiger partial charge on any atom is -0.497 e. The summed E-state index contributed by atoms with van der Waals surface area (Å²) in [5.41, 5.74) is 1.94. The molecule has 0 saturated carbocycles. The Balaban J connectivity index is 1.80. The Morgan fingerprint density at radius 1 is 1.17 bits per heavy atom. The Kier molecular flexibility index (Phi) is 6.41. The predicted molar refractivity (Wildman–Crippen MR) is 117 cm³/mol. The zero-order valence-electron chi connectivity index (χ0n) is 17.0. The molecule has 9 heteroatoms. The van der Waals surface area contributed by atoms with Gasteiger partial charge in [-0.15, -0.1) is 0 Å². The molecular weight excluding hydrogens is 406 g/mol. The summed E-state index contributed by atoms with van der Waals surface area (Å²) in [4.78, 5) is 27.8. The number of thioether (sulfide) groups is 1. The van der Waals surface area contributed by atoms with Crippen molar-refractivity contribution < 1.29 is 19.2 Å². The van der Waals surface area contributed by atoms with Gasteiger partial charge in [0.1, 0.15) is 11.5 Å². The van der Waals surface area contributed by atoms with Gasteiger partial charge in [-0.1, -0.05) is 11.8 Å². The third kappa shape index (κ3) is 4.62. The number of fused-ring (bicyclic) bond motifs is 1. The number of rotatable bonds is 7. The number of aromatic nitrogens is 1. The van der Waals surface area contributed by atoms with E-state index in [9.17, 15) is 14.9 Å². The van der Waals surface area contributed by atoms with Crippen molar-refractivity contribution in [3.63, 3.8) is 0 Å². The number of nitrogens with zero attached hydrogens (tertiary/aromatic N) is 2. The van der Waals surface area contributed by atoms with Gasteiger partial charge in [-0.2, -0.15) is 0 Å². The largest absolute Gasteiger partial charge is 0.497 e. The number of pyridine rings is 1. The Morgan fingerprint density at radius 3 is 2.60 bits per heavy atom. The maximum absolute atomic E-state index is 12.7. The molecule has 1 amide bonds. The summed E-state index contributed by atoms with van der Waals surface area (Å²) in [6.45, 7) is 3.73. The van der Waals surface area contributed by atoms with Crippen LogP contribution in [0.25, 0.3) is 10.9 Å². The molecule has 3 aromatic rings. The van der Waals surface area contributed by atoms with Crippen molar-refractivity contribution >= 4 is 39.9 Å². The average Bonchev–Trinajstić information content (AvgIpc) is 2.73. The maximum Gasteiger partial charge on any atom is 0.271 e. The molecule has 0 fully saturated rings. The van der Waals surface area contributed by atoms with Crippen LogP contribution in [-0.4, -0.2) is 35.3 Å². The van der Waals surface area contributed by atoms with E-state index in [1.54, 1.807) is 14.0 Å². The Morgan fingerprint density at radius 2 is 1.93 bits per heavy atom. The SMILES string of the molecule is COc1ccc2c(C)cc(SC(C)C(=O)Nc3cc([N+](=O)[O-])ccc3OC)nc2c1. The summed E-state index contributed by atoms with van der Waals surface area (Å²) in [5.74, 6) is 0.738. The molecule has 0 bridgehead atoms. The van der Waals surface area contributed by atoms with Crippen LogP contribution in [0.1, 0.15) is 12.5 Å². The number of aryl methyl sites for hydroxylation is 1. The van der Waals surface area contributed by atoms with Gasteiger partial charge in [-0.3, -0.25) is 14.9 Å². The summed E-state index contributed by atoms with van der Waals surface area (Å²) >= 11 is 1.30. The zero-order chi connectivity index (χ0) is 21.8. The van der Waals surface area contributed by atoms with E-state index in [2.05, 4.69) is 10.3 Å². The first-order chi connectivity index (χ1) is 14.3. The van der Waals surface area contributed by atoms with E-state index in [0.717, 1.165) is 16.5 Å². The number of anilines is 1. The molecule has 0 aliphatic heterocycles. The van der Waals surface area contributed by atoms with Crippen LogP contribution in [-0.2, 0) is 4.79 Å². The van der Waals surface area contributed by atoms with Crippen molar-refractivity contribution in [2.24, 2.45) is 0 Å². The highest BCUT2D eigenvalue weighted by atomic mass is 32.2. The highest BCUT2D eigenvalue weighted by molar-refractivity contribution is 8.00. The van der Waals surface area contributed by atoms with E-state index >= 15 is 0 Å². The summed E-state index contributed by atoms with van der Waals surface area (Å²) in [5, 5.41) is 15.0. The van der Waals surface area contributed by atoms with Crippen molar-refractivity contribution in [2.45, 2.75) is 24.1 Å². The van der Waals surface area contributed by atoms with Crippen LogP contribution in [0.15, 0.2) is 47.5 Å². The predicted octanol–water partition coefficient (Wildman–Crippen LogP) is 4.59. The maximum atomic E-state index is 12.7. The number of ether oxygens (including phenoxy) is 2. The lowest BCUT2D eigenvalue weighted by molar-refractivity contribution is -0.384. The number of amides is 1. The van der Waals surface area contributed by atoms with E-state index < -0.39 is 10.2 Å². The number of hydrogen-bond donors (Lipinski definition) is 1. The molecule has 0 aliphatic rings. The second kappa shape index (κ2) is 9.00. The number of nitrogens with one attached hydrogen (secondary N) is 1. The van der Waals surface area contributed by atoms with Gasteiger partial charge in [0, 0.05) is 23.6 Å². The van der Waals surface area contributed by atoms with Crippen LogP contribution >= 0.6 is 11.8 Å². The lowest BCUT2D eigenvalue weighted by atomic mass is 10.1. The molecule has 8 nitrogen and oxygen atoms in total. The highest BCUT2D eigenvalue weighted by Gasteiger charge is 2.19.